The van der Waals surface area contributed by atoms with Crippen molar-refractivity contribution in [3.05, 3.63) is 23.8 Å². The van der Waals surface area contributed by atoms with Crippen LogP contribution in [0.1, 0.15) is 50.1 Å². The van der Waals surface area contributed by atoms with Gasteiger partial charge in [-0.1, -0.05) is 0 Å². The smallest absolute Gasteiger partial charge is 0.223 e. The number of carbonyl (C=O) groups is 1. The molecule has 1 unspecified atom stereocenters. The Kier molecular flexibility index (Phi) is 6.19. The Morgan fingerprint density at radius 3 is 2.72 bits per heavy atom. The van der Waals surface area contributed by atoms with Crippen molar-refractivity contribution < 1.29 is 14.3 Å². The van der Waals surface area contributed by atoms with Gasteiger partial charge in [0.15, 0.2) is 0 Å². The number of benzene rings is 1. The molecule has 2 fully saturated rings. The number of hydrogen-bond donors (Lipinski definition) is 1. The van der Waals surface area contributed by atoms with Crippen molar-refractivity contribution in [3.8, 4) is 11.5 Å². The molecule has 0 saturated carbocycles. The molecule has 0 aliphatic carbocycles. The lowest BCUT2D eigenvalue weighted by molar-refractivity contribution is -0.132. The largest absolute Gasteiger partial charge is 0.497 e. The summed E-state index contributed by atoms with van der Waals surface area (Å²) in [4.78, 5) is 14.9. The molecule has 0 bridgehead atoms. The molecule has 1 aromatic rings. The van der Waals surface area contributed by atoms with Crippen LogP contribution in [0.2, 0.25) is 0 Å². The van der Waals surface area contributed by atoms with Crippen molar-refractivity contribution in [3.63, 3.8) is 0 Å². The van der Waals surface area contributed by atoms with E-state index in [9.17, 15) is 4.79 Å². The molecule has 1 N–H and O–H groups in total. The lowest BCUT2D eigenvalue weighted by Crippen LogP contribution is -2.32. The molecular weight excluding hydrogens is 316 g/mol. The van der Waals surface area contributed by atoms with Crippen molar-refractivity contribution >= 4 is 5.91 Å². The summed E-state index contributed by atoms with van der Waals surface area (Å²) in [6.07, 6.45) is 6.13. The molecule has 138 valence electrons. The van der Waals surface area contributed by atoms with Crippen LogP contribution in [0.5, 0.6) is 11.5 Å². The van der Waals surface area contributed by atoms with Crippen LogP contribution >= 0.6 is 0 Å². The molecule has 5 heteroatoms. The molecule has 25 heavy (non-hydrogen) atoms. The second kappa shape index (κ2) is 8.56. The van der Waals surface area contributed by atoms with Gasteiger partial charge in [0.25, 0.3) is 0 Å². The second-order valence-corrected chi connectivity index (χ2v) is 7.09. The highest BCUT2D eigenvalue weighted by atomic mass is 16.5. The van der Waals surface area contributed by atoms with Crippen LogP contribution in [0, 0.1) is 5.92 Å². The van der Waals surface area contributed by atoms with E-state index in [1.807, 2.05) is 18.2 Å². The summed E-state index contributed by atoms with van der Waals surface area (Å²) in [6, 6.07) is 6.03. The van der Waals surface area contributed by atoms with Crippen LogP contribution in [0.15, 0.2) is 18.2 Å². The van der Waals surface area contributed by atoms with Crippen molar-refractivity contribution in [2.75, 3.05) is 33.9 Å². The summed E-state index contributed by atoms with van der Waals surface area (Å²) in [5.41, 5.74) is 1.09. The van der Waals surface area contributed by atoms with E-state index in [4.69, 9.17) is 9.47 Å². The highest BCUT2D eigenvalue weighted by Crippen LogP contribution is 2.39. The quantitative estimate of drug-likeness (QED) is 0.860. The first-order valence-electron chi connectivity index (χ1n) is 9.45. The number of nitrogens with zero attached hydrogens (tertiary/aromatic N) is 1. The summed E-state index contributed by atoms with van der Waals surface area (Å²) < 4.78 is 10.8. The first-order chi connectivity index (χ1) is 12.2. The molecule has 1 atom stereocenters. The van der Waals surface area contributed by atoms with E-state index in [0.29, 0.717) is 18.2 Å². The van der Waals surface area contributed by atoms with Crippen molar-refractivity contribution in [2.24, 2.45) is 5.92 Å². The molecule has 0 spiro atoms. The lowest BCUT2D eigenvalue weighted by atomic mass is 9.93. The van der Waals surface area contributed by atoms with E-state index in [1.165, 1.54) is 12.8 Å². The fourth-order valence-electron chi connectivity index (χ4n) is 4.12. The van der Waals surface area contributed by atoms with Gasteiger partial charge in [-0.2, -0.15) is 0 Å². The first kappa shape index (κ1) is 18.1. The Morgan fingerprint density at radius 2 is 2.00 bits per heavy atom. The minimum Gasteiger partial charge on any atom is -0.497 e. The zero-order valence-corrected chi connectivity index (χ0v) is 15.4. The molecule has 0 aromatic heterocycles. The van der Waals surface area contributed by atoms with Gasteiger partial charge in [0, 0.05) is 24.6 Å². The van der Waals surface area contributed by atoms with E-state index in [1.54, 1.807) is 14.2 Å². The summed E-state index contributed by atoms with van der Waals surface area (Å²) in [7, 11) is 3.33. The zero-order chi connectivity index (χ0) is 17.6. The van der Waals surface area contributed by atoms with Gasteiger partial charge in [-0.05, 0) is 63.2 Å². The molecular formula is C20H30N2O3. The van der Waals surface area contributed by atoms with Gasteiger partial charge < -0.3 is 19.7 Å². The van der Waals surface area contributed by atoms with Gasteiger partial charge >= 0.3 is 0 Å². The van der Waals surface area contributed by atoms with Crippen LogP contribution in [-0.4, -0.2) is 44.7 Å². The van der Waals surface area contributed by atoms with Crippen LogP contribution in [0.4, 0.5) is 0 Å². The Hall–Kier alpha value is -1.75. The monoisotopic (exact) mass is 346 g/mol. The highest BCUT2D eigenvalue weighted by molar-refractivity contribution is 5.77. The molecule has 2 aliphatic rings. The van der Waals surface area contributed by atoms with Gasteiger partial charge in [0.1, 0.15) is 11.5 Å². The number of carbonyl (C=O) groups excluding carboxylic acids is 1. The average molecular weight is 346 g/mol. The third-order valence-electron chi connectivity index (χ3n) is 5.60. The minimum atomic E-state index is 0.126. The van der Waals surface area contributed by atoms with Crippen molar-refractivity contribution in [1.29, 1.82) is 0 Å². The van der Waals surface area contributed by atoms with E-state index in [-0.39, 0.29) is 6.04 Å². The van der Waals surface area contributed by atoms with Crippen LogP contribution in [0.25, 0.3) is 0 Å². The molecule has 1 aromatic carbocycles. The Labute approximate surface area is 150 Å². The van der Waals surface area contributed by atoms with Crippen LogP contribution < -0.4 is 14.8 Å². The third-order valence-corrected chi connectivity index (χ3v) is 5.60. The standard InChI is InChI=1S/C20H30N2O3/c1-24-16-6-7-17(19(14-16)25-2)18-4-3-13-22(18)20(23)8-5-15-9-11-21-12-10-15/h6-7,14-15,18,21H,3-5,8-13H2,1-2H3. The average Bonchev–Trinajstić information content (AvgIpc) is 3.16. The van der Waals surface area contributed by atoms with E-state index in [0.717, 1.165) is 56.0 Å². The molecule has 3 rings (SSSR count). The van der Waals surface area contributed by atoms with Gasteiger partial charge in [-0.15, -0.1) is 0 Å². The molecule has 5 nitrogen and oxygen atoms in total. The number of methoxy groups -OCH3 is 2. The second-order valence-electron chi connectivity index (χ2n) is 7.09. The number of nitrogens with one attached hydrogen (secondary N) is 1. The maximum atomic E-state index is 12.8. The third kappa shape index (κ3) is 4.27. The maximum absolute atomic E-state index is 12.8. The maximum Gasteiger partial charge on any atom is 0.223 e. The fraction of sp³-hybridized carbons (Fsp3) is 0.650. The number of rotatable bonds is 6. The Balaban J connectivity index is 1.66. The predicted octanol–water partition coefficient (Wildman–Crippen LogP) is 3.15. The van der Waals surface area contributed by atoms with E-state index >= 15 is 0 Å². The molecule has 1 amide bonds. The summed E-state index contributed by atoms with van der Waals surface area (Å²) >= 11 is 0. The fourth-order valence-corrected chi connectivity index (χ4v) is 4.12. The Bertz CT molecular complexity index is 584. The summed E-state index contributed by atoms with van der Waals surface area (Å²) in [6.45, 7) is 3.04. The summed E-state index contributed by atoms with van der Waals surface area (Å²) in [5, 5.41) is 3.39. The van der Waals surface area contributed by atoms with Crippen molar-refractivity contribution in [1.82, 2.24) is 10.2 Å². The molecule has 0 radical (unpaired) electrons. The lowest BCUT2D eigenvalue weighted by Gasteiger charge is -2.28. The molecule has 2 saturated heterocycles. The highest BCUT2D eigenvalue weighted by Gasteiger charge is 2.32. The van der Waals surface area contributed by atoms with E-state index < -0.39 is 0 Å². The number of hydrogen-bond acceptors (Lipinski definition) is 4. The first-order valence-corrected chi connectivity index (χ1v) is 9.45. The molecule has 2 heterocycles. The number of piperidine rings is 1. The number of amides is 1. The SMILES string of the molecule is COc1ccc(C2CCCN2C(=O)CCC2CCNCC2)c(OC)c1. The normalized spacial score (nSPS) is 21.4. The van der Waals surface area contributed by atoms with Gasteiger partial charge in [-0.25, -0.2) is 0 Å². The van der Waals surface area contributed by atoms with Crippen LogP contribution in [-0.2, 0) is 4.79 Å². The Morgan fingerprint density at radius 1 is 1.20 bits per heavy atom. The van der Waals surface area contributed by atoms with Gasteiger partial charge in [0.2, 0.25) is 5.91 Å². The van der Waals surface area contributed by atoms with Gasteiger partial charge in [0.05, 0.1) is 20.3 Å². The predicted molar refractivity (Wildman–Crippen MR) is 98.1 cm³/mol. The van der Waals surface area contributed by atoms with Crippen molar-refractivity contribution in [2.45, 2.75) is 44.6 Å². The molecule has 2 aliphatic heterocycles. The zero-order valence-electron chi connectivity index (χ0n) is 15.4. The summed E-state index contributed by atoms with van der Waals surface area (Å²) in [5.74, 6) is 2.57. The van der Waals surface area contributed by atoms with Gasteiger partial charge in [-0.3, -0.25) is 4.79 Å². The topological polar surface area (TPSA) is 50.8 Å². The number of likely N-dealkylation sites (tertiary alicyclic amines) is 1. The van der Waals surface area contributed by atoms with E-state index in [2.05, 4.69) is 10.2 Å². The minimum absolute atomic E-state index is 0.126. The van der Waals surface area contributed by atoms with Crippen LogP contribution in [0.3, 0.4) is 0 Å². The number of ether oxygens (including phenoxy) is 2.